The molecule has 0 bridgehead atoms. The lowest BCUT2D eigenvalue weighted by molar-refractivity contribution is -0.133. The molecule has 4 N–H and O–H groups in total. The van der Waals surface area contributed by atoms with E-state index in [1.165, 1.54) is 0 Å². The van der Waals surface area contributed by atoms with Crippen LogP contribution in [0, 0.1) is 6.92 Å². The van der Waals surface area contributed by atoms with Crippen LogP contribution in [0.2, 0.25) is 0 Å². The Morgan fingerprint density at radius 2 is 1.81 bits per heavy atom. The number of hydrogen-bond donors (Lipinski definition) is 3. The summed E-state index contributed by atoms with van der Waals surface area (Å²) >= 11 is 0. The number of nitrogens with zero attached hydrogens (tertiary/aromatic N) is 1. The summed E-state index contributed by atoms with van der Waals surface area (Å²) in [5.41, 5.74) is 10.5. The number of halogens is 1. The second-order valence-electron chi connectivity index (χ2n) is 6.69. The largest absolute Gasteiger partial charge is 0.337 e. The molecule has 0 saturated heterocycles. The minimum Gasteiger partial charge on any atom is -0.337 e. The predicted molar refractivity (Wildman–Crippen MR) is 110 cm³/mol. The van der Waals surface area contributed by atoms with Crippen LogP contribution < -0.4 is 16.4 Å². The molecule has 3 amide bonds. The van der Waals surface area contributed by atoms with Gasteiger partial charge in [-0.2, -0.15) is 0 Å². The Bertz CT molecular complexity index is 821. The number of amides is 3. The lowest BCUT2D eigenvalue weighted by Gasteiger charge is -2.31. The highest BCUT2D eigenvalue weighted by Crippen LogP contribution is 2.26. The molecule has 7 heteroatoms. The van der Waals surface area contributed by atoms with Gasteiger partial charge in [-0.3, -0.25) is 4.79 Å². The Labute approximate surface area is 165 Å². The normalized spacial score (nSPS) is 13.8. The van der Waals surface area contributed by atoms with Crippen LogP contribution in [0.15, 0.2) is 42.5 Å². The zero-order valence-corrected chi connectivity index (χ0v) is 16.3. The Kier molecular flexibility index (Phi) is 6.82. The smallest absolute Gasteiger partial charge is 0.323 e. The first-order chi connectivity index (χ1) is 12.4. The van der Waals surface area contributed by atoms with Crippen molar-refractivity contribution in [3.8, 4) is 0 Å². The maximum Gasteiger partial charge on any atom is 0.323 e. The van der Waals surface area contributed by atoms with Gasteiger partial charge < -0.3 is 21.3 Å². The molecule has 1 atom stereocenters. The van der Waals surface area contributed by atoms with Gasteiger partial charge in [-0.1, -0.05) is 29.8 Å². The zero-order valence-electron chi connectivity index (χ0n) is 15.5. The van der Waals surface area contributed by atoms with E-state index in [-0.39, 0.29) is 24.3 Å². The maximum atomic E-state index is 12.3. The van der Waals surface area contributed by atoms with Crippen molar-refractivity contribution < 1.29 is 9.59 Å². The molecule has 1 heterocycles. The van der Waals surface area contributed by atoms with Crippen LogP contribution in [-0.4, -0.2) is 29.4 Å². The number of carbonyl (C=O) groups is 2. The fraction of sp³-hybridized carbons (Fsp3) is 0.300. The van der Waals surface area contributed by atoms with Gasteiger partial charge in [0.25, 0.3) is 0 Å². The number of carbonyl (C=O) groups excluding carboxylic acids is 2. The van der Waals surface area contributed by atoms with Crippen molar-refractivity contribution in [1.82, 2.24) is 4.90 Å². The first-order valence-electron chi connectivity index (χ1n) is 8.74. The average molecular weight is 389 g/mol. The summed E-state index contributed by atoms with van der Waals surface area (Å²) < 4.78 is 0. The standard InChI is InChI=1S/C20H24N4O2.ClH/c1-13-6-8-16(9-7-13)22-20(26)23-18-5-3-4-15-12-24(11-10-17(15)18)19(25)14(2)21;/h3-9,14H,10-12,21H2,1-2H3,(H2,22,23,26);1H/t14-;/m1./s1. The highest BCUT2D eigenvalue weighted by Gasteiger charge is 2.24. The van der Waals surface area contributed by atoms with Gasteiger partial charge in [0.1, 0.15) is 0 Å². The van der Waals surface area contributed by atoms with E-state index in [0.29, 0.717) is 19.5 Å². The molecule has 0 fully saturated rings. The molecule has 6 nitrogen and oxygen atoms in total. The van der Waals surface area contributed by atoms with E-state index in [1.54, 1.807) is 11.8 Å². The highest BCUT2D eigenvalue weighted by molar-refractivity contribution is 6.00. The number of nitrogens with one attached hydrogen (secondary N) is 2. The molecule has 0 radical (unpaired) electrons. The zero-order chi connectivity index (χ0) is 18.7. The SMILES string of the molecule is Cc1ccc(NC(=O)Nc2cccc3c2CCN(C(=O)[C@@H](C)N)C3)cc1.Cl. The second kappa shape index (κ2) is 8.88. The molecule has 0 aliphatic carbocycles. The van der Waals surface area contributed by atoms with Crippen molar-refractivity contribution in [3.63, 3.8) is 0 Å². The predicted octanol–water partition coefficient (Wildman–Crippen LogP) is 3.29. The Hall–Kier alpha value is -2.57. The van der Waals surface area contributed by atoms with Crippen LogP contribution >= 0.6 is 12.4 Å². The van der Waals surface area contributed by atoms with E-state index in [0.717, 1.165) is 28.1 Å². The van der Waals surface area contributed by atoms with Crippen molar-refractivity contribution in [2.45, 2.75) is 32.9 Å². The van der Waals surface area contributed by atoms with Crippen LogP contribution in [0.1, 0.15) is 23.6 Å². The van der Waals surface area contributed by atoms with Gasteiger partial charge >= 0.3 is 6.03 Å². The number of benzene rings is 2. The Morgan fingerprint density at radius 1 is 1.11 bits per heavy atom. The summed E-state index contributed by atoms with van der Waals surface area (Å²) in [5, 5.41) is 5.76. The van der Waals surface area contributed by atoms with Gasteiger partial charge in [0, 0.05) is 24.5 Å². The van der Waals surface area contributed by atoms with Crippen molar-refractivity contribution in [3.05, 3.63) is 59.2 Å². The number of fused-ring (bicyclic) bond motifs is 1. The number of anilines is 2. The molecule has 3 rings (SSSR count). The molecular formula is C20H25ClN4O2. The third-order valence-corrected chi connectivity index (χ3v) is 4.52. The first kappa shape index (κ1) is 20.7. The van der Waals surface area contributed by atoms with Crippen molar-refractivity contribution in [2.75, 3.05) is 17.2 Å². The van der Waals surface area contributed by atoms with Gasteiger partial charge in [0.15, 0.2) is 0 Å². The first-order valence-corrected chi connectivity index (χ1v) is 8.74. The lowest BCUT2D eigenvalue weighted by atomic mass is 9.97. The Balaban J connectivity index is 0.00000261. The van der Waals surface area contributed by atoms with Crippen molar-refractivity contribution in [2.24, 2.45) is 5.73 Å². The molecule has 144 valence electrons. The van der Waals surface area contributed by atoms with Gasteiger partial charge in [-0.05, 0) is 49.6 Å². The molecular weight excluding hydrogens is 364 g/mol. The molecule has 0 saturated carbocycles. The summed E-state index contributed by atoms with van der Waals surface area (Å²) in [4.78, 5) is 26.2. The van der Waals surface area contributed by atoms with E-state index in [1.807, 2.05) is 49.4 Å². The van der Waals surface area contributed by atoms with E-state index < -0.39 is 6.04 Å². The second-order valence-corrected chi connectivity index (χ2v) is 6.69. The van der Waals surface area contributed by atoms with E-state index in [9.17, 15) is 9.59 Å². The van der Waals surface area contributed by atoms with E-state index in [2.05, 4.69) is 10.6 Å². The van der Waals surface area contributed by atoms with E-state index >= 15 is 0 Å². The van der Waals surface area contributed by atoms with Gasteiger partial charge in [0.05, 0.1) is 6.04 Å². The maximum absolute atomic E-state index is 12.3. The fourth-order valence-corrected chi connectivity index (χ4v) is 3.12. The topological polar surface area (TPSA) is 87.5 Å². The molecule has 0 aromatic heterocycles. The molecule has 2 aromatic carbocycles. The fourth-order valence-electron chi connectivity index (χ4n) is 3.12. The third kappa shape index (κ3) is 4.99. The summed E-state index contributed by atoms with van der Waals surface area (Å²) in [6, 6.07) is 12.6. The molecule has 27 heavy (non-hydrogen) atoms. The number of rotatable bonds is 3. The van der Waals surface area contributed by atoms with Crippen molar-refractivity contribution in [1.29, 1.82) is 0 Å². The molecule has 1 aliphatic heterocycles. The van der Waals surface area contributed by atoms with Crippen molar-refractivity contribution >= 4 is 35.7 Å². The van der Waals surface area contributed by atoms with Gasteiger partial charge in [0.2, 0.25) is 5.91 Å². The molecule has 0 spiro atoms. The number of nitrogens with two attached hydrogens (primary N) is 1. The quantitative estimate of drug-likeness (QED) is 0.753. The highest BCUT2D eigenvalue weighted by atomic mass is 35.5. The minimum atomic E-state index is -0.502. The number of aryl methyl sites for hydroxylation is 1. The van der Waals surface area contributed by atoms with Gasteiger partial charge in [-0.25, -0.2) is 4.79 Å². The average Bonchev–Trinajstić information content (AvgIpc) is 2.62. The minimum absolute atomic E-state index is 0. The number of hydrogen-bond acceptors (Lipinski definition) is 3. The van der Waals surface area contributed by atoms with Crippen LogP contribution in [0.4, 0.5) is 16.2 Å². The summed E-state index contributed by atoms with van der Waals surface area (Å²) in [6.45, 7) is 4.82. The number of urea groups is 1. The van der Waals surface area contributed by atoms with Crippen LogP contribution in [0.25, 0.3) is 0 Å². The monoisotopic (exact) mass is 388 g/mol. The third-order valence-electron chi connectivity index (χ3n) is 4.52. The molecule has 0 unspecified atom stereocenters. The molecule has 1 aliphatic rings. The molecule has 2 aromatic rings. The van der Waals surface area contributed by atoms with Crippen LogP contribution in [-0.2, 0) is 17.8 Å². The van der Waals surface area contributed by atoms with Crippen LogP contribution in [0.3, 0.4) is 0 Å². The summed E-state index contributed by atoms with van der Waals surface area (Å²) in [7, 11) is 0. The van der Waals surface area contributed by atoms with E-state index in [4.69, 9.17) is 5.73 Å². The Morgan fingerprint density at radius 3 is 2.48 bits per heavy atom. The van der Waals surface area contributed by atoms with Crippen LogP contribution in [0.5, 0.6) is 0 Å². The van der Waals surface area contributed by atoms with Gasteiger partial charge in [-0.15, -0.1) is 12.4 Å². The summed E-state index contributed by atoms with van der Waals surface area (Å²) in [6.07, 6.45) is 0.689. The lowest BCUT2D eigenvalue weighted by Crippen LogP contribution is -2.44. The summed E-state index contributed by atoms with van der Waals surface area (Å²) in [5.74, 6) is -0.0499.